The summed E-state index contributed by atoms with van der Waals surface area (Å²) in [5, 5.41) is 8.68. The number of carboxylic acid groups (broad SMARTS) is 1. The summed E-state index contributed by atoms with van der Waals surface area (Å²) < 4.78 is 80.3. The Kier molecular flexibility index (Phi) is 6.66. The summed E-state index contributed by atoms with van der Waals surface area (Å²) in [6.45, 7) is -0.795. The highest BCUT2D eigenvalue weighted by molar-refractivity contribution is 5.67. The minimum absolute atomic E-state index is 0.0819. The highest BCUT2D eigenvalue weighted by Crippen LogP contribution is 2.35. The molecule has 0 fully saturated rings. The molecule has 0 saturated carbocycles. The van der Waals surface area contributed by atoms with Gasteiger partial charge in [-0.3, -0.25) is 4.79 Å². The van der Waals surface area contributed by atoms with E-state index in [1.165, 1.54) is 25.4 Å². The number of aryl methyl sites for hydroxylation is 1. The lowest BCUT2D eigenvalue weighted by Gasteiger charge is -2.15. The van der Waals surface area contributed by atoms with E-state index in [0.717, 1.165) is 29.0 Å². The molecule has 0 aliphatic carbocycles. The van der Waals surface area contributed by atoms with Gasteiger partial charge in [-0.25, -0.2) is 13.8 Å². The summed E-state index contributed by atoms with van der Waals surface area (Å²) in [6.07, 6.45) is -2.76. The van der Waals surface area contributed by atoms with Crippen molar-refractivity contribution in [3.63, 3.8) is 0 Å². The van der Waals surface area contributed by atoms with Crippen molar-refractivity contribution < 1.29 is 41.3 Å². The molecule has 1 N–H and O–H groups in total. The van der Waals surface area contributed by atoms with Gasteiger partial charge in [0.1, 0.15) is 6.61 Å². The van der Waals surface area contributed by atoms with Gasteiger partial charge in [0, 0.05) is 18.7 Å². The fourth-order valence-corrected chi connectivity index (χ4v) is 3.03. The third kappa shape index (κ3) is 5.16. The summed E-state index contributed by atoms with van der Waals surface area (Å²) in [5.74, 6) is -4.05. The third-order valence-corrected chi connectivity index (χ3v) is 4.54. The maximum Gasteiger partial charge on any atom is 0.418 e. The predicted molar refractivity (Wildman–Crippen MR) is 102 cm³/mol. The normalized spacial score (nSPS) is 11.4. The number of rotatable bonds is 8. The lowest BCUT2D eigenvalue weighted by Crippen LogP contribution is -2.13. The molecule has 0 aliphatic rings. The fraction of sp³-hybridized carbons (Fsp3) is 0.238. The van der Waals surface area contributed by atoms with Crippen LogP contribution in [0.15, 0.2) is 42.7 Å². The predicted octanol–water partition coefficient (Wildman–Crippen LogP) is 4.77. The molecule has 0 unspecified atom stereocenters. The molecule has 6 nitrogen and oxygen atoms in total. The Balaban J connectivity index is 1.91. The largest absolute Gasteiger partial charge is 0.481 e. The molecule has 32 heavy (non-hydrogen) atoms. The second-order valence-corrected chi connectivity index (χ2v) is 6.67. The topological polar surface area (TPSA) is 73.6 Å². The number of aromatic nitrogens is 2. The zero-order chi connectivity index (χ0) is 23.5. The van der Waals surface area contributed by atoms with Gasteiger partial charge in [-0.05, 0) is 36.2 Å². The number of aliphatic carboxylic acids is 1. The van der Waals surface area contributed by atoms with Gasteiger partial charge in [0.2, 0.25) is 5.88 Å². The molecule has 3 rings (SSSR count). The number of methoxy groups -OCH3 is 1. The van der Waals surface area contributed by atoms with Gasteiger partial charge < -0.3 is 19.1 Å². The molecule has 0 amide bonds. The minimum Gasteiger partial charge on any atom is -0.481 e. The highest BCUT2D eigenvalue weighted by atomic mass is 19.4. The first-order valence-electron chi connectivity index (χ1n) is 9.20. The van der Waals surface area contributed by atoms with E-state index in [9.17, 15) is 26.7 Å². The Morgan fingerprint density at radius 2 is 1.84 bits per heavy atom. The smallest absolute Gasteiger partial charge is 0.418 e. The van der Waals surface area contributed by atoms with E-state index in [1.54, 1.807) is 0 Å². The first-order chi connectivity index (χ1) is 15.1. The molecule has 170 valence electrons. The standard InChI is InChI=1S/C21H17F5N2O4/c1-31-18-4-3-13(10-27-18)28-7-6-14(21(24,25)26)17(28)11-32-20-15(22)8-12(9-16(20)23)2-5-19(29)30/h3-4,6-10H,2,5,11H2,1H3,(H,29,30). The number of ether oxygens (including phenoxy) is 2. The van der Waals surface area contributed by atoms with Gasteiger partial charge in [-0.2, -0.15) is 13.2 Å². The van der Waals surface area contributed by atoms with Crippen LogP contribution in [0.25, 0.3) is 5.69 Å². The van der Waals surface area contributed by atoms with Crippen LogP contribution in [0.4, 0.5) is 22.0 Å². The van der Waals surface area contributed by atoms with Crippen molar-refractivity contribution in [3.05, 3.63) is 71.2 Å². The zero-order valence-electron chi connectivity index (χ0n) is 16.6. The number of hydrogen-bond acceptors (Lipinski definition) is 4. The fourth-order valence-electron chi connectivity index (χ4n) is 3.03. The lowest BCUT2D eigenvalue weighted by atomic mass is 10.1. The van der Waals surface area contributed by atoms with Crippen LogP contribution in [0.3, 0.4) is 0 Å². The van der Waals surface area contributed by atoms with E-state index in [4.69, 9.17) is 14.6 Å². The van der Waals surface area contributed by atoms with Crippen LogP contribution in [0.2, 0.25) is 0 Å². The maximum absolute atomic E-state index is 14.3. The van der Waals surface area contributed by atoms with E-state index in [-0.39, 0.29) is 30.0 Å². The van der Waals surface area contributed by atoms with Gasteiger partial charge in [0.25, 0.3) is 0 Å². The molecule has 0 spiro atoms. The first-order valence-corrected chi connectivity index (χ1v) is 9.20. The molecule has 0 saturated heterocycles. The summed E-state index contributed by atoms with van der Waals surface area (Å²) in [7, 11) is 1.38. The molecule has 11 heteroatoms. The molecule has 1 aromatic carbocycles. The molecule has 2 aromatic heterocycles. The van der Waals surface area contributed by atoms with Crippen molar-refractivity contribution in [2.75, 3.05) is 7.11 Å². The van der Waals surface area contributed by atoms with Crippen LogP contribution < -0.4 is 9.47 Å². The van der Waals surface area contributed by atoms with Gasteiger partial charge in [-0.15, -0.1) is 0 Å². The number of hydrogen-bond donors (Lipinski definition) is 1. The Bertz CT molecular complexity index is 1090. The second kappa shape index (κ2) is 9.25. The first kappa shape index (κ1) is 23.0. The van der Waals surface area contributed by atoms with Gasteiger partial charge >= 0.3 is 12.1 Å². The van der Waals surface area contributed by atoms with Crippen molar-refractivity contribution in [3.8, 4) is 17.3 Å². The van der Waals surface area contributed by atoms with E-state index >= 15 is 0 Å². The van der Waals surface area contributed by atoms with Crippen LogP contribution >= 0.6 is 0 Å². The van der Waals surface area contributed by atoms with Gasteiger partial charge in [0.05, 0.1) is 30.3 Å². The monoisotopic (exact) mass is 456 g/mol. The number of pyridine rings is 1. The number of carboxylic acids is 1. The number of nitrogens with zero attached hydrogens (tertiary/aromatic N) is 2. The lowest BCUT2D eigenvalue weighted by molar-refractivity contribution is -0.139. The van der Waals surface area contributed by atoms with Crippen molar-refractivity contribution in [2.24, 2.45) is 0 Å². The van der Waals surface area contributed by atoms with E-state index in [0.29, 0.717) is 0 Å². The summed E-state index contributed by atoms with van der Waals surface area (Å²) in [4.78, 5) is 14.6. The zero-order valence-corrected chi connectivity index (χ0v) is 16.6. The maximum atomic E-state index is 14.3. The minimum atomic E-state index is -4.73. The number of carbonyl (C=O) groups is 1. The SMILES string of the molecule is COc1ccc(-n2ccc(C(F)(F)F)c2COc2c(F)cc(CCC(=O)O)cc2F)cn1. The van der Waals surface area contributed by atoms with Crippen molar-refractivity contribution in [1.29, 1.82) is 0 Å². The van der Waals surface area contributed by atoms with Crippen LogP contribution in [0.1, 0.15) is 23.2 Å². The highest BCUT2D eigenvalue weighted by Gasteiger charge is 2.36. The Morgan fingerprint density at radius 3 is 2.38 bits per heavy atom. The molecular weight excluding hydrogens is 439 g/mol. The van der Waals surface area contributed by atoms with Crippen molar-refractivity contribution in [1.82, 2.24) is 9.55 Å². The van der Waals surface area contributed by atoms with Crippen LogP contribution in [0.5, 0.6) is 11.6 Å². The second-order valence-electron chi connectivity index (χ2n) is 6.67. The average Bonchev–Trinajstić information content (AvgIpc) is 3.16. The van der Waals surface area contributed by atoms with Crippen LogP contribution in [0, 0.1) is 11.6 Å². The van der Waals surface area contributed by atoms with Crippen molar-refractivity contribution >= 4 is 5.97 Å². The van der Waals surface area contributed by atoms with Crippen molar-refractivity contribution in [2.45, 2.75) is 25.6 Å². The number of benzene rings is 1. The summed E-state index contributed by atoms with van der Waals surface area (Å²) in [5.41, 5.74) is -1.09. The van der Waals surface area contributed by atoms with Crippen LogP contribution in [-0.4, -0.2) is 27.7 Å². The van der Waals surface area contributed by atoms with E-state index in [1.807, 2.05) is 0 Å². The van der Waals surface area contributed by atoms with Gasteiger partial charge in [0.15, 0.2) is 17.4 Å². The Hall–Kier alpha value is -3.63. The molecule has 0 bridgehead atoms. The molecule has 0 atom stereocenters. The summed E-state index contributed by atoms with van der Waals surface area (Å²) in [6, 6.07) is 5.51. The van der Waals surface area contributed by atoms with Crippen LogP contribution in [-0.2, 0) is 24.0 Å². The molecular formula is C21H17F5N2O4. The van der Waals surface area contributed by atoms with E-state index < -0.39 is 47.4 Å². The van der Waals surface area contributed by atoms with Gasteiger partial charge in [-0.1, -0.05) is 0 Å². The molecule has 3 aromatic rings. The Labute approximate surface area is 178 Å². The Morgan fingerprint density at radius 1 is 1.16 bits per heavy atom. The number of halogens is 5. The molecule has 0 aliphatic heterocycles. The average molecular weight is 456 g/mol. The third-order valence-electron chi connectivity index (χ3n) is 4.54. The summed E-state index contributed by atoms with van der Waals surface area (Å²) >= 11 is 0. The molecule has 0 radical (unpaired) electrons. The molecule has 2 heterocycles. The van der Waals surface area contributed by atoms with E-state index in [2.05, 4.69) is 4.98 Å². The number of alkyl halides is 3. The quantitative estimate of drug-likeness (QED) is 0.494.